The maximum atomic E-state index is 2.63. The molecular weight excluding hydrogens is 739 g/mol. The molecule has 6 rings (SSSR count). The second-order valence-corrected chi connectivity index (χ2v) is 24.3. The first-order valence-electron chi connectivity index (χ1n) is 18.4. The van der Waals surface area contributed by atoms with Gasteiger partial charge in [-0.15, -0.1) is 0 Å². The van der Waals surface area contributed by atoms with Crippen molar-refractivity contribution in [2.45, 2.75) is 118 Å². The Hall–Kier alpha value is -2.31. The summed E-state index contributed by atoms with van der Waals surface area (Å²) >= 11 is -2.93. The van der Waals surface area contributed by atoms with Crippen molar-refractivity contribution >= 4 is 3.21 Å². The molecule has 0 atom stereocenters. The molecule has 0 aliphatic heterocycles. The van der Waals surface area contributed by atoms with Crippen molar-refractivity contribution in [2.75, 3.05) is 0 Å². The van der Waals surface area contributed by atoms with Crippen molar-refractivity contribution in [1.82, 2.24) is 0 Å². The molecule has 0 saturated carbocycles. The molecule has 0 nitrogen and oxygen atoms in total. The zero-order chi connectivity index (χ0) is 35.8. The number of benzene rings is 4. The third-order valence-corrected chi connectivity index (χ3v) is 19.3. The molecule has 3 heteroatoms. The van der Waals surface area contributed by atoms with Gasteiger partial charge in [-0.1, -0.05) is 0 Å². The molecule has 268 valence electrons. The topological polar surface area (TPSA) is 0 Å². The molecule has 0 fully saturated rings. The molecule has 0 saturated heterocycles. The van der Waals surface area contributed by atoms with Crippen molar-refractivity contribution < 1.29 is 46.1 Å². The van der Waals surface area contributed by atoms with E-state index in [0.29, 0.717) is 3.63 Å². The van der Waals surface area contributed by atoms with Crippen LogP contribution in [0.4, 0.5) is 0 Å². The number of allylic oxidation sites excluding steroid dienone is 4. The summed E-state index contributed by atoms with van der Waals surface area (Å²) in [4.78, 5) is 0. The van der Waals surface area contributed by atoms with Crippen molar-refractivity contribution in [3.63, 3.8) is 0 Å². The normalized spacial score (nSPS) is 14.3. The smallest absolute Gasteiger partial charge is 1.00 e. The second kappa shape index (κ2) is 14.8. The molecule has 2 aliphatic rings. The van der Waals surface area contributed by atoms with Crippen LogP contribution in [0.2, 0.25) is 0 Å². The zero-order valence-electron chi connectivity index (χ0n) is 33.5. The number of rotatable bonds is 4. The number of hydrogen-bond acceptors (Lipinski definition) is 0. The summed E-state index contributed by atoms with van der Waals surface area (Å²) in [5.74, 6) is 0. The van der Waals surface area contributed by atoms with Gasteiger partial charge in [0, 0.05) is 0 Å². The quantitative estimate of drug-likeness (QED) is 0.207. The summed E-state index contributed by atoms with van der Waals surface area (Å²) in [7, 11) is 0. The van der Waals surface area contributed by atoms with Crippen molar-refractivity contribution in [3.8, 4) is 11.1 Å². The van der Waals surface area contributed by atoms with Crippen LogP contribution in [0, 0.1) is 33.1 Å². The average Bonchev–Trinajstić information content (AvgIpc) is 3.52. The molecule has 51 heavy (non-hydrogen) atoms. The van der Waals surface area contributed by atoms with Crippen LogP contribution in [-0.4, -0.2) is 3.21 Å². The van der Waals surface area contributed by atoms with Gasteiger partial charge in [-0.05, 0) is 0 Å². The third-order valence-electron chi connectivity index (χ3n) is 10.9. The van der Waals surface area contributed by atoms with E-state index in [0.717, 1.165) is 6.42 Å². The Morgan fingerprint density at radius 2 is 0.941 bits per heavy atom. The molecule has 0 spiro atoms. The number of halogens is 2. The molecule has 0 amide bonds. The van der Waals surface area contributed by atoms with E-state index in [1.165, 1.54) is 61.2 Å². The van der Waals surface area contributed by atoms with E-state index in [1.807, 2.05) is 0 Å². The number of aryl methyl sites for hydroxylation is 4. The van der Waals surface area contributed by atoms with E-state index in [-0.39, 0.29) is 41.1 Å². The molecule has 0 unspecified atom stereocenters. The largest absolute Gasteiger partial charge is 1.00 e. The summed E-state index contributed by atoms with van der Waals surface area (Å²) in [6.45, 7) is 33.1. The summed E-state index contributed by atoms with van der Waals surface area (Å²) in [5, 5.41) is 0. The van der Waals surface area contributed by atoms with E-state index >= 15 is 0 Å². The summed E-state index contributed by atoms with van der Waals surface area (Å²) in [6.07, 6.45) is 3.63. The van der Waals surface area contributed by atoms with E-state index in [9.17, 15) is 0 Å². The molecule has 0 aromatic heterocycles. The molecule has 0 radical (unpaired) electrons. The van der Waals surface area contributed by atoms with Crippen LogP contribution in [0.3, 0.4) is 0 Å². The number of hydrogen-bond donors (Lipinski definition) is 0. The molecule has 4 aromatic carbocycles. The Morgan fingerprint density at radius 3 is 1.29 bits per heavy atom. The van der Waals surface area contributed by atoms with E-state index in [2.05, 4.69) is 176 Å². The SMILES string of the molecule is CC1=CC[C]([Zr+2](=[C](c2ccc(C)cc2)c2ccc(C)cc2)[CH]2c3cc(C)c(C(C)(C)C)cc3-c3cc(C(C)(C)C)c(C)cc32)=C1C(C)(C)C.[Cl-].[Cl-]. The zero-order valence-corrected chi connectivity index (χ0v) is 37.5. The van der Waals surface area contributed by atoms with Crippen LogP contribution in [0.25, 0.3) is 11.1 Å². The standard InChI is InChI=1S/C23H29.C15H14.C10H15.2ClH.Zr/c1-14-9-16-11-17-10-15(2)21(23(6,7)8)13-19(17)18(16)12-20(14)22(3,4)5;1-12-3-7-14(8-4-12)11-15-9-5-13(2)6-10-15;1-8-6-5-7-9(8)10(2,3)4;;;/h9-13H,1-8H3;3-10H,1-2H3;6H,5H2,1-4H3;2*1H;/q;;;;;+2/p-2. The Labute approximate surface area is 330 Å². The van der Waals surface area contributed by atoms with Gasteiger partial charge in [-0.2, -0.15) is 0 Å². The van der Waals surface area contributed by atoms with Gasteiger partial charge in [-0.25, -0.2) is 0 Å². The van der Waals surface area contributed by atoms with Crippen LogP contribution >= 0.6 is 0 Å². The van der Waals surface area contributed by atoms with Gasteiger partial charge in [0.25, 0.3) is 0 Å². The first kappa shape index (κ1) is 41.4. The van der Waals surface area contributed by atoms with Crippen LogP contribution in [0.1, 0.15) is 135 Å². The first-order valence-corrected chi connectivity index (χ1v) is 22.2. The van der Waals surface area contributed by atoms with Gasteiger partial charge in [0.15, 0.2) is 0 Å². The van der Waals surface area contributed by atoms with Crippen molar-refractivity contribution in [3.05, 3.63) is 149 Å². The van der Waals surface area contributed by atoms with Gasteiger partial charge in [0.1, 0.15) is 0 Å². The number of fused-ring (bicyclic) bond motifs is 3. The average molecular weight is 797 g/mol. The van der Waals surface area contributed by atoms with Gasteiger partial charge in [0.2, 0.25) is 0 Å². The van der Waals surface area contributed by atoms with Crippen LogP contribution < -0.4 is 24.8 Å². The Balaban J connectivity index is 0.00000292. The van der Waals surface area contributed by atoms with Crippen molar-refractivity contribution in [2.24, 2.45) is 5.41 Å². The van der Waals surface area contributed by atoms with E-state index in [1.54, 1.807) is 23.2 Å². The first-order chi connectivity index (χ1) is 22.8. The van der Waals surface area contributed by atoms with Crippen molar-refractivity contribution in [1.29, 1.82) is 0 Å². The molecule has 0 heterocycles. The van der Waals surface area contributed by atoms with Gasteiger partial charge < -0.3 is 24.8 Å². The van der Waals surface area contributed by atoms with Crippen LogP contribution in [0.15, 0.2) is 93.3 Å². The molecular formula is C48H58Cl2Zr. The monoisotopic (exact) mass is 794 g/mol. The summed E-state index contributed by atoms with van der Waals surface area (Å²) in [5.41, 5.74) is 20.7. The Morgan fingerprint density at radius 1 is 0.549 bits per heavy atom. The van der Waals surface area contributed by atoms with Crippen LogP contribution in [-0.2, 0) is 32.1 Å². The maximum Gasteiger partial charge on any atom is -1.00 e. The molecule has 0 N–H and O–H groups in total. The summed E-state index contributed by atoms with van der Waals surface area (Å²) in [6, 6.07) is 29.5. The Kier molecular flexibility index (Phi) is 12.1. The minimum Gasteiger partial charge on any atom is -1.00 e. The molecule has 4 aromatic rings. The minimum absolute atomic E-state index is 0. The van der Waals surface area contributed by atoms with Crippen LogP contribution in [0.5, 0.6) is 0 Å². The van der Waals surface area contributed by atoms with Gasteiger partial charge in [-0.3, -0.25) is 0 Å². The fourth-order valence-electron chi connectivity index (χ4n) is 8.87. The maximum absolute atomic E-state index is 2.93. The predicted molar refractivity (Wildman–Crippen MR) is 211 cm³/mol. The predicted octanol–water partition coefficient (Wildman–Crippen LogP) is 7.13. The van der Waals surface area contributed by atoms with Gasteiger partial charge >= 0.3 is 308 Å². The van der Waals surface area contributed by atoms with E-state index < -0.39 is 21.3 Å². The Bertz CT molecular complexity index is 1930. The summed E-state index contributed by atoms with van der Waals surface area (Å²) < 4.78 is 3.81. The fourth-order valence-corrected chi connectivity index (χ4v) is 19.1. The third kappa shape index (κ3) is 7.84. The minimum atomic E-state index is -2.93. The fraction of sp³-hybridized carbons (Fsp3) is 0.396. The second-order valence-electron chi connectivity index (χ2n) is 18.2. The van der Waals surface area contributed by atoms with Gasteiger partial charge in [0.05, 0.1) is 0 Å². The van der Waals surface area contributed by atoms with E-state index in [4.69, 9.17) is 0 Å². The molecule has 0 bridgehead atoms. The molecule has 2 aliphatic carbocycles.